The summed E-state index contributed by atoms with van der Waals surface area (Å²) >= 11 is 0. The highest BCUT2D eigenvalue weighted by Crippen LogP contribution is 2.08. The normalized spacial score (nSPS) is 10.3. The molecule has 0 fully saturated rings. The summed E-state index contributed by atoms with van der Waals surface area (Å²) in [5.74, 6) is 6.27. The minimum absolute atomic E-state index is 0.226. The van der Waals surface area contributed by atoms with E-state index in [1.54, 1.807) is 12.4 Å². The summed E-state index contributed by atoms with van der Waals surface area (Å²) in [5, 5.41) is 7.05. The predicted octanol–water partition coefficient (Wildman–Crippen LogP) is -0.255. The largest absolute Gasteiger partial charge is 0.350 e. The molecule has 0 radical (unpaired) electrons. The number of anilines is 2. The van der Waals surface area contributed by atoms with Crippen molar-refractivity contribution in [1.29, 1.82) is 0 Å². The van der Waals surface area contributed by atoms with Crippen LogP contribution in [0.3, 0.4) is 0 Å². The van der Waals surface area contributed by atoms with E-state index in [2.05, 4.69) is 40.8 Å². The molecule has 3 heterocycles. The van der Waals surface area contributed by atoms with Crippen LogP contribution >= 0.6 is 0 Å². The molecule has 0 bridgehead atoms. The van der Waals surface area contributed by atoms with Crippen LogP contribution < -0.4 is 16.6 Å². The topological polar surface area (TPSA) is 132 Å². The highest BCUT2D eigenvalue weighted by molar-refractivity contribution is 5.37. The summed E-state index contributed by atoms with van der Waals surface area (Å²) in [6.07, 6.45) is 6.35. The van der Waals surface area contributed by atoms with Gasteiger partial charge in [-0.3, -0.25) is 10.4 Å². The lowest BCUT2D eigenvalue weighted by atomic mass is 10.3. The Morgan fingerprint density at radius 1 is 1.14 bits per heavy atom. The van der Waals surface area contributed by atoms with E-state index in [9.17, 15) is 0 Å². The molecule has 3 aromatic heterocycles. The maximum Gasteiger partial charge on any atom is 0.258 e. The second kappa shape index (κ2) is 5.88. The lowest BCUT2D eigenvalue weighted by molar-refractivity contribution is 0.794. The van der Waals surface area contributed by atoms with Crippen LogP contribution in [0.5, 0.6) is 0 Å². The van der Waals surface area contributed by atoms with Crippen molar-refractivity contribution in [3.8, 4) is 5.95 Å². The highest BCUT2D eigenvalue weighted by Gasteiger charge is 2.08. The summed E-state index contributed by atoms with van der Waals surface area (Å²) in [7, 11) is 0. The number of nitrogen functional groups attached to an aromatic ring is 1. The Labute approximate surface area is 119 Å². The van der Waals surface area contributed by atoms with E-state index in [-0.39, 0.29) is 5.95 Å². The van der Waals surface area contributed by atoms with Crippen LogP contribution in [0.4, 0.5) is 11.9 Å². The van der Waals surface area contributed by atoms with Crippen LogP contribution in [0.1, 0.15) is 5.56 Å². The minimum atomic E-state index is 0.226. The molecule has 10 nitrogen and oxygen atoms in total. The van der Waals surface area contributed by atoms with Crippen LogP contribution in [0.2, 0.25) is 0 Å². The smallest absolute Gasteiger partial charge is 0.258 e. The Hall–Kier alpha value is -3.14. The number of hydrogen-bond donors (Lipinski definition) is 3. The third-order valence-corrected chi connectivity index (χ3v) is 2.55. The molecule has 4 N–H and O–H groups in total. The van der Waals surface area contributed by atoms with E-state index >= 15 is 0 Å². The number of nitrogens with one attached hydrogen (secondary N) is 2. The summed E-state index contributed by atoms with van der Waals surface area (Å²) in [4.78, 5) is 20.4. The zero-order chi connectivity index (χ0) is 14.5. The van der Waals surface area contributed by atoms with Gasteiger partial charge in [-0.15, -0.1) is 0 Å². The molecular formula is C11H12N10. The number of rotatable bonds is 5. The van der Waals surface area contributed by atoms with Gasteiger partial charge in [-0.1, -0.05) is 6.07 Å². The third-order valence-electron chi connectivity index (χ3n) is 2.55. The van der Waals surface area contributed by atoms with Crippen molar-refractivity contribution in [2.45, 2.75) is 6.54 Å². The fourth-order valence-electron chi connectivity index (χ4n) is 1.61. The van der Waals surface area contributed by atoms with Gasteiger partial charge in [0, 0.05) is 18.9 Å². The van der Waals surface area contributed by atoms with Gasteiger partial charge in [0.1, 0.15) is 12.7 Å². The molecule has 0 atom stereocenters. The van der Waals surface area contributed by atoms with Gasteiger partial charge in [-0.2, -0.15) is 24.7 Å². The number of nitrogens with zero attached hydrogens (tertiary/aromatic N) is 7. The molecule has 10 heteroatoms. The van der Waals surface area contributed by atoms with Gasteiger partial charge < -0.3 is 5.32 Å². The molecule has 0 aliphatic rings. The van der Waals surface area contributed by atoms with Gasteiger partial charge in [0.25, 0.3) is 5.95 Å². The van der Waals surface area contributed by atoms with E-state index in [4.69, 9.17) is 5.84 Å². The molecule has 0 spiro atoms. The first-order valence-electron chi connectivity index (χ1n) is 6.05. The van der Waals surface area contributed by atoms with Crippen LogP contribution in [0.25, 0.3) is 5.95 Å². The molecule has 0 saturated carbocycles. The second-order valence-electron chi connectivity index (χ2n) is 3.98. The van der Waals surface area contributed by atoms with Gasteiger partial charge in [-0.25, -0.2) is 10.8 Å². The SMILES string of the molecule is NNc1nc(NCc2cccnc2)nc(-n2cncn2)n1. The molecule has 0 aromatic carbocycles. The maximum absolute atomic E-state index is 5.36. The molecule has 0 aliphatic carbocycles. The molecule has 0 amide bonds. The quantitative estimate of drug-likeness (QED) is 0.428. The van der Waals surface area contributed by atoms with Crippen molar-refractivity contribution >= 4 is 11.9 Å². The Bertz CT molecular complexity index is 696. The first-order valence-corrected chi connectivity index (χ1v) is 6.05. The fraction of sp³-hybridized carbons (Fsp3) is 0.0909. The van der Waals surface area contributed by atoms with E-state index in [1.165, 1.54) is 17.3 Å². The summed E-state index contributed by atoms with van der Waals surface area (Å²) in [6, 6.07) is 3.81. The molecule has 0 saturated heterocycles. The molecule has 106 valence electrons. The van der Waals surface area contributed by atoms with Crippen molar-refractivity contribution in [3.05, 3.63) is 42.7 Å². The average Bonchev–Trinajstić information content (AvgIpc) is 3.08. The van der Waals surface area contributed by atoms with Crippen molar-refractivity contribution in [3.63, 3.8) is 0 Å². The lowest BCUT2D eigenvalue weighted by Crippen LogP contribution is -2.16. The third kappa shape index (κ3) is 3.06. The van der Waals surface area contributed by atoms with E-state index in [1.807, 2.05) is 12.1 Å². The van der Waals surface area contributed by atoms with Crippen LogP contribution in [0.15, 0.2) is 37.2 Å². The number of hydrogen-bond acceptors (Lipinski definition) is 9. The van der Waals surface area contributed by atoms with Gasteiger partial charge in [0.05, 0.1) is 0 Å². The molecular weight excluding hydrogens is 272 g/mol. The maximum atomic E-state index is 5.36. The van der Waals surface area contributed by atoms with Crippen molar-refractivity contribution in [2.24, 2.45) is 5.84 Å². The number of nitrogens with two attached hydrogens (primary N) is 1. The van der Waals surface area contributed by atoms with E-state index in [0.29, 0.717) is 18.4 Å². The van der Waals surface area contributed by atoms with Gasteiger partial charge in [-0.05, 0) is 11.6 Å². The Kier molecular flexibility index (Phi) is 3.60. The summed E-state index contributed by atoms with van der Waals surface area (Å²) in [5.41, 5.74) is 3.39. The van der Waals surface area contributed by atoms with Crippen molar-refractivity contribution < 1.29 is 0 Å². The van der Waals surface area contributed by atoms with Crippen molar-refractivity contribution in [1.82, 2.24) is 34.7 Å². The zero-order valence-corrected chi connectivity index (χ0v) is 10.9. The van der Waals surface area contributed by atoms with E-state index in [0.717, 1.165) is 5.56 Å². The van der Waals surface area contributed by atoms with Gasteiger partial charge in [0.2, 0.25) is 11.9 Å². The summed E-state index contributed by atoms with van der Waals surface area (Å²) in [6.45, 7) is 0.526. The monoisotopic (exact) mass is 284 g/mol. The number of aromatic nitrogens is 7. The standard InChI is InChI=1S/C11H12N10/c12-20-10-17-9(15-5-8-2-1-3-13-4-8)18-11(19-10)21-7-14-6-16-21/h1-4,6-7H,5,12H2,(H2,15,17,18,19,20). The zero-order valence-electron chi connectivity index (χ0n) is 10.9. The molecule has 3 rings (SSSR count). The Morgan fingerprint density at radius 3 is 2.76 bits per heavy atom. The summed E-state index contributed by atoms with van der Waals surface area (Å²) < 4.78 is 1.41. The number of hydrazine groups is 1. The van der Waals surface area contributed by atoms with Crippen LogP contribution in [0, 0.1) is 0 Å². The van der Waals surface area contributed by atoms with E-state index < -0.39 is 0 Å². The Morgan fingerprint density at radius 2 is 2.05 bits per heavy atom. The van der Waals surface area contributed by atoms with Crippen LogP contribution in [-0.4, -0.2) is 34.7 Å². The fourth-order valence-corrected chi connectivity index (χ4v) is 1.61. The molecule has 0 aliphatic heterocycles. The first kappa shape index (κ1) is 12.9. The average molecular weight is 284 g/mol. The molecule has 3 aromatic rings. The molecule has 21 heavy (non-hydrogen) atoms. The highest BCUT2D eigenvalue weighted by atomic mass is 15.4. The lowest BCUT2D eigenvalue weighted by Gasteiger charge is -2.08. The van der Waals surface area contributed by atoms with Gasteiger partial charge in [0.15, 0.2) is 0 Å². The van der Waals surface area contributed by atoms with Crippen LogP contribution in [-0.2, 0) is 6.54 Å². The van der Waals surface area contributed by atoms with Crippen molar-refractivity contribution in [2.75, 3.05) is 10.7 Å². The predicted molar refractivity (Wildman–Crippen MR) is 74.1 cm³/mol. The number of pyridine rings is 1. The van der Waals surface area contributed by atoms with Gasteiger partial charge >= 0.3 is 0 Å². The first-order chi connectivity index (χ1) is 10.3. The Balaban J connectivity index is 1.83. The second-order valence-corrected chi connectivity index (χ2v) is 3.98. The molecule has 0 unspecified atom stereocenters. The minimum Gasteiger partial charge on any atom is -0.350 e.